The molecule has 0 radical (unpaired) electrons. The predicted octanol–water partition coefficient (Wildman–Crippen LogP) is -2.28. The van der Waals surface area contributed by atoms with Crippen molar-refractivity contribution in [1.29, 1.82) is 0 Å². The average molecular weight is 799 g/mol. The Morgan fingerprint density at radius 2 is 1.23 bits per heavy atom. The van der Waals surface area contributed by atoms with Crippen molar-refractivity contribution in [2.24, 2.45) is 0 Å². The van der Waals surface area contributed by atoms with Crippen LogP contribution in [0.1, 0.15) is 13.8 Å². The summed E-state index contributed by atoms with van der Waals surface area (Å²) in [7, 11) is 4.05. The van der Waals surface area contributed by atoms with E-state index in [9.17, 15) is 50.8 Å². The topological polar surface area (TPSA) is 295 Å². The maximum atomic E-state index is 14.6. The van der Waals surface area contributed by atoms with Crippen molar-refractivity contribution in [3.8, 4) is 40.1 Å². The van der Waals surface area contributed by atoms with Crippen LogP contribution in [0.4, 0.5) is 0 Å². The molecule has 0 saturated carbocycles. The Morgan fingerprint density at radius 3 is 1.88 bits per heavy atom. The third-order valence-electron chi connectivity index (χ3n) is 9.98. The van der Waals surface area contributed by atoms with Gasteiger partial charge in [-0.25, -0.2) is 0 Å². The van der Waals surface area contributed by atoms with Crippen LogP contribution < -0.4 is 29.1 Å². The number of fused-ring (bicyclic) bond motifs is 1. The van der Waals surface area contributed by atoms with Crippen LogP contribution in [0.5, 0.6) is 28.7 Å². The molecule has 20 heteroatoms. The number of methoxy groups -OCH3 is 3. The molecule has 0 bridgehead atoms. The van der Waals surface area contributed by atoms with Gasteiger partial charge in [0.1, 0.15) is 77.4 Å². The fourth-order valence-corrected chi connectivity index (χ4v) is 6.68. The van der Waals surface area contributed by atoms with E-state index in [1.54, 1.807) is 0 Å². The Hall–Kier alpha value is -3.87. The van der Waals surface area contributed by atoms with Crippen molar-refractivity contribution in [3.05, 3.63) is 40.6 Å². The average Bonchev–Trinajstić information content (AvgIpc) is 3.19. The summed E-state index contributed by atoms with van der Waals surface area (Å²) < 4.78 is 57.5. The molecule has 310 valence electrons. The molecule has 9 N–H and O–H groups in total. The van der Waals surface area contributed by atoms with Crippen LogP contribution in [0, 0.1) is 0 Å². The second-order valence-electron chi connectivity index (χ2n) is 13.6. The summed E-state index contributed by atoms with van der Waals surface area (Å²) in [5.41, 5.74) is -0.804. The quantitative estimate of drug-likeness (QED) is 0.0988. The van der Waals surface area contributed by atoms with Crippen LogP contribution in [-0.2, 0) is 18.9 Å². The van der Waals surface area contributed by atoms with E-state index in [1.165, 1.54) is 65.5 Å². The number of hydrogen-bond acceptors (Lipinski definition) is 20. The number of ether oxygens (including phenoxy) is 9. The highest BCUT2D eigenvalue weighted by molar-refractivity contribution is 5.89. The van der Waals surface area contributed by atoms with Crippen LogP contribution in [0.2, 0.25) is 0 Å². The van der Waals surface area contributed by atoms with Gasteiger partial charge in [-0.05, 0) is 32.0 Å². The zero-order valence-electron chi connectivity index (χ0n) is 30.8. The molecule has 15 atom stereocenters. The van der Waals surface area contributed by atoms with Gasteiger partial charge >= 0.3 is 0 Å². The molecule has 3 aliphatic heterocycles. The Kier molecular flexibility index (Phi) is 12.6. The van der Waals surface area contributed by atoms with Crippen molar-refractivity contribution in [3.63, 3.8) is 0 Å². The molecular weight excluding hydrogens is 752 g/mol. The lowest BCUT2D eigenvalue weighted by Crippen LogP contribution is -2.64. The standard InChI is InChI=1S/C36H46O20/c1-12-22(38)26(42)29(45)34(50-12)52-15-9-18(49-5)21-19(10-15)53-31(14-6-7-16(47-3)17(8-14)48-4)32(25(21)41)55-36-33(28(44)23(39)13(2)51-36)56-35-30(46)27(43)24(40)20(11-37)54-35/h6-10,12-13,20,22-24,26-30,33-40,42-46H,11H2,1-5H3. The van der Waals surface area contributed by atoms with Gasteiger partial charge in [0, 0.05) is 17.7 Å². The van der Waals surface area contributed by atoms with Gasteiger partial charge in [0.05, 0.1) is 40.1 Å². The van der Waals surface area contributed by atoms with Crippen molar-refractivity contribution >= 4 is 11.0 Å². The highest BCUT2D eigenvalue weighted by Gasteiger charge is 2.51. The fourth-order valence-electron chi connectivity index (χ4n) is 6.68. The summed E-state index contributed by atoms with van der Waals surface area (Å²) in [5, 5.41) is 93.8. The summed E-state index contributed by atoms with van der Waals surface area (Å²) in [6.45, 7) is 2.10. The minimum Gasteiger partial charge on any atom is -0.496 e. The van der Waals surface area contributed by atoms with E-state index in [0.717, 1.165) is 0 Å². The molecule has 0 amide bonds. The normalized spacial score (nSPS) is 36.2. The molecule has 6 rings (SSSR count). The minimum absolute atomic E-state index is 0.0428. The largest absolute Gasteiger partial charge is 0.496 e. The lowest BCUT2D eigenvalue weighted by molar-refractivity contribution is -0.355. The van der Waals surface area contributed by atoms with E-state index in [0.29, 0.717) is 5.75 Å². The van der Waals surface area contributed by atoms with Gasteiger partial charge in [0.15, 0.2) is 29.7 Å². The Labute approximate surface area is 318 Å². The molecule has 20 nitrogen and oxygen atoms in total. The predicted molar refractivity (Wildman–Crippen MR) is 186 cm³/mol. The van der Waals surface area contributed by atoms with Crippen LogP contribution in [0.15, 0.2) is 39.5 Å². The Balaban J connectivity index is 1.46. The molecular formula is C36H46O20. The molecule has 4 heterocycles. The van der Waals surface area contributed by atoms with Crippen molar-refractivity contribution in [2.45, 2.75) is 106 Å². The molecule has 0 spiro atoms. The molecule has 56 heavy (non-hydrogen) atoms. The van der Waals surface area contributed by atoms with Crippen LogP contribution in [-0.4, -0.2) is 166 Å². The molecule has 0 aliphatic carbocycles. The third kappa shape index (κ3) is 7.73. The smallest absolute Gasteiger partial charge is 0.239 e. The van der Waals surface area contributed by atoms with E-state index in [-0.39, 0.29) is 39.5 Å². The van der Waals surface area contributed by atoms with Crippen molar-refractivity contribution in [2.75, 3.05) is 27.9 Å². The summed E-state index contributed by atoms with van der Waals surface area (Å²) in [5.74, 6) is -0.391. The minimum atomic E-state index is -1.91. The number of aliphatic hydroxyl groups excluding tert-OH is 9. The van der Waals surface area contributed by atoms with E-state index in [1.807, 2.05) is 0 Å². The van der Waals surface area contributed by atoms with Crippen molar-refractivity contribution in [1.82, 2.24) is 0 Å². The Bertz CT molecular complexity index is 1890. The van der Waals surface area contributed by atoms with Gasteiger partial charge in [-0.2, -0.15) is 0 Å². The van der Waals surface area contributed by atoms with Gasteiger partial charge < -0.3 is 93.0 Å². The van der Waals surface area contributed by atoms with E-state index in [2.05, 4.69) is 0 Å². The first-order valence-electron chi connectivity index (χ1n) is 17.6. The first-order chi connectivity index (χ1) is 26.6. The van der Waals surface area contributed by atoms with Crippen molar-refractivity contribution < 1.29 is 93.0 Å². The monoisotopic (exact) mass is 798 g/mol. The zero-order valence-corrected chi connectivity index (χ0v) is 30.8. The first kappa shape index (κ1) is 41.8. The lowest BCUT2D eigenvalue weighted by atomic mass is 9.97. The molecule has 3 saturated heterocycles. The second kappa shape index (κ2) is 16.9. The van der Waals surface area contributed by atoms with E-state index in [4.69, 9.17) is 47.0 Å². The maximum absolute atomic E-state index is 14.6. The summed E-state index contributed by atoms with van der Waals surface area (Å²) in [6.07, 6.45) is -23.8. The molecule has 3 aliphatic rings. The third-order valence-corrected chi connectivity index (χ3v) is 9.98. The summed E-state index contributed by atoms with van der Waals surface area (Å²) in [4.78, 5) is 14.6. The SMILES string of the molecule is COc1ccc(-c2oc3cc(OC4OC(C)C(O)C(O)C4O)cc(OC)c3c(=O)c2OC2OC(C)C(O)C(O)C2OC2OC(CO)C(O)C(O)C2O)cc1OC. The summed E-state index contributed by atoms with van der Waals surface area (Å²) >= 11 is 0. The number of benzene rings is 2. The second-order valence-corrected chi connectivity index (χ2v) is 13.6. The van der Waals surface area contributed by atoms with Crippen LogP contribution >= 0.6 is 0 Å². The number of rotatable bonds is 11. The Morgan fingerprint density at radius 1 is 0.625 bits per heavy atom. The van der Waals surface area contributed by atoms with Gasteiger partial charge in [-0.15, -0.1) is 0 Å². The highest BCUT2D eigenvalue weighted by atomic mass is 16.8. The molecule has 1 aromatic heterocycles. The molecule has 15 unspecified atom stereocenters. The molecule has 2 aromatic carbocycles. The summed E-state index contributed by atoms with van der Waals surface area (Å²) in [6, 6.07) is 7.08. The van der Waals surface area contributed by atoms with E-state index >= 15 is 0 Å². The maximum Gasteiger partial charge on any atom is 0.239 e. The van der Waals surface area contributed by atoms with E-state index < -0.39 is 110 Å². The first-order valence-corrected chi connectivity index (χ1v) is 17.6. The van der Waals surface area contributed by atoms with Crippen LogP contribution in [0.3, 0.4) is 0 Å². The fraction of sp³-hybridized carbons (Fsp3) is 0.583. The molecule has 3 fully saturated rings. The van der Waals surface area contributed by atoms with Gasteiger partial charge in [0.25, 0.3) is 0 Å². The zero-order chi connectivity index (χ0) is 40.7. The lowest BCUT2D eigenvalue weighted by Gasteiger charge is -2.45. The highest BCUT2D eigenvalue weighted by Crippen LogP contribution is 2.41. The number of aliphatic hydroxyl groups is 9. The van der Waals surface area contributed by atoms with Gasteiger partial charge in [-0.1, -0.05) is 0 Å². The van der Waals surface area contributed by atoms with Gasteiger partial charge in [-0.3, -0.25) is 4.79 Å². The van der Waals surface area contributed by atoms with Crippen LogP contribution in [0.25, 0.3) is 22.3 Å². The number of hydrogen-bond donors (Lipinski definition) is 9. The molecule has 3 aromatic rings. The van der Waals surface area contributed by atoms with Gasteiger partial charge in [0.2, 0.25) is 23.8 Å².